The van der Waals surface area contributed by atoms with Gasteiger partial charge in [-0.1, -0.05) is 29.8 Å². The maximum atomic E-state index is 12.6. The largest absolute Gasteiger partial charge is 0.466 e. The number of amides is 3. The number of ether oxygens (including phenoxy) is 1. The SMILES string of the molecule is COC(=O)C1=C(CN2CCC(C(N)=O)CC2)NC(=O)N[C@H]1c1ccc(C)cc1. The quantitative estimate of drug-likeness (QED) is 0.653. The Balaban J connectivity index is 1.88. The zero-order chi connectivity index (χ0) is 20.3. The van der Waals surface area contributed by atoms with Crippen molar-refractivity contribution in [2.45, 2.75) is 25.8 Å². The van der Waals surface area contributed by atoms with Crippen molar-refractivity contribution in [1.29, 1.82) is 0 Å². The Labute approximate surface area is 164 Å². The molecule has 0 unspecified atom stereocenters. The van der Waals surface area contributed by atoms with E-state index in [0.29, 0.717) is 43.7 Å². The van der Waals surface area contributed by atoms with Crippen molar-refractivity contribution in [3.63, 3.8) is 0 Å². The number of primary amides is 1. The summed E-state index contributed by atoms with van der Waals surface area (Å²) in [6, 6.07) is 6.72. The summed E-state index contributed by atoms with van der Waals surface area (Å²) in [7, 11) is 1.33. The van der Waals surface area contributed by atoms with E-state index in [4.69, 9.17) is 10.5 Å². The summed E-state index contributed by atoms with van der Waals surface area (Å²) in [5.74, 6) is -0.878. The van der Waals surface area contributed by atoms with E-state index >= 15 is 0 Å². The van der Waals surface area contributed by atoms with E-state index in [1.807, 2.05) is 31.2 Å². The van der Waals surface area contributed by atoms with Gasteiger partial charge in [-0.05, 0) is 38.4 Å². The summed E-state index contributed by atoms with van der Waals surface area (Å²) in [4.78, 5) is 38.3. The molecule has 0 saturated carbocycles. The normalized spacial score (nSPS) is 21.1. The number of carbonyl (C=O) groups is 3. The van der Waals surface area contributed by atoms with Gasteiger partial charge in [0.05, 0.1) is 18.7 Å². The number of nitrogens with zero attached hydrogens (tertiary/aromatic N) is 1. The van der Waals surface area contributed by atoms with Gasteiger partial charge in [-0.3, -0.25) is 9.69 Å². The molecule has 0 aromatic heterocycles. The van der Waals surface area contributed by atoms with Crippen LogP contribution in [0.5, 0.6) is 0 Å². The third-order valence-electron chi connectivity index (χ3n) is 5.34. The number of benzene rings is 1. The molecule has 28 heavy (non-hydrogen) atoms. The number of likely N-dealkylation sites (tertiary alicyclic amines) is 1. The molecule has 3 amide bonds. The second kappa shape index (κ2) is 8.43. The fraction of sp³-hybridized carbons (Fsp3) is 0.450. The summed E-state index contributed by atoms with van der Waals surface area (Å²) in [6.07, 6.45) is 1.34. The number of urea groups is 1. The molecule has 8 nitrogen and oxygen atoms in total. The molecule has 3 rings (SSSR count). The Morgan fingerprint density at radius 1 is 1.21 bits per heavy atom. The van der Waals surface area contributed by atoms with Crippen molar-refractivity contribution in [3.8, 4) is 0 Å². The number of carbonyl (C=O) groups excluding carboxylic acids is 3. The second-order valence-electron chi connectivity index (χ2n) is 7.28. The summed E-state index contributed by atoms with van der Waals surface area (Å²) < 4.78 is 5.00. The minimum Gasteiger partial charge on any atom is -0.466 e. The lowest BCUT2D eigenvalue weighted by Crippen LogP contribution is -2.49. The van der Waals surface area contributed by atoms with Crippen molar-refractivity contribution in [1.82, 2.24) is 15.5 Å². The molecule has 1 fully saturated rings. The molecule has 0 bridgehead atoms. The first-order valence-electron chi connectivity index (χ1n) is 9.36. The first-order valence-corrected chi connectivity index (χ1v) is 9.36. The van der Waals surface area contributed by atoms with Crippen molar-refractivity contribution in [2.75, 3.05) is 26.7 Å². The van der Waals surface area contributed by atoms with Crippen molar-refractivity contribution < 1.29 is 19.1 Å². The number of nitrogens with two attached hydrogens (primary N) is 1. The highest BCUT2D eigenvalue weighted by Crippen LogP contribution is 2.29. The summed E-state index contributed by atoms with van der Waals surface area (Å²) in [5, 5.41) is 5.59. The summed E-state index contributed by atoms with van der Waals surface area (Å²) in [5.41, 5.74) is 8.21. The summed E-state index contributed by atoms with van der Waals surface area (Å²) in [6.45, 7) is 3.71. The van der Waals surface area contributed by atoms with Crippen LogP contribution in [0.15, 0.2) is 35.5 Å². The van der Waals surface area contributed by atoms with E-state index in [0.717, 1.165) is 11.1 Å². The van der Waals surface area contributed by atoms with Crippen LogP contribution >= 0.6 is 0 Å². The monoisotopic (exact) mass is 386 g/mol. The van der Waals surface area contributed by atoms with Gasteiger partial charge in [0.25, 0.3) is 0 Å². The van der Waals surface area contributed by atoms with Gasteiger partial charge in [-0.15, -0.1) is 0 Å². The lowest BCUT2D eigenvalue weighted by molar-refractivity contribution is -0.136. The predicted molar refractivity (Wildman–Crippen MR) is 103 cm³/mol. The van der Waals surface area contributed by atoms with Gasteiger partial charge in [-0.25, -0.2) is 9.59 Å². The predicted octanol–water partition coefficient (Wildman–Crippen LogP) is 0.973. The van der Waals surface area contributed by atoms with Crippen LogP contribution in [-0.4, -0.2) is 49.6 Å². The topological polar surface area (TPSA) is 114 Å². The van der Waals surface area contributed by atoms with Crippen LogP contribution in [0, 0.1) is 12.8 Å². The van der Waals surface area contributed by atoms with E-state index in [-0.39, 0.29) is 17.9 Å². The third kappa shape index (κ3) is 4.33. The molecule has 0 radical (unpaired) electrons. The molecular formula is C20H26N4O4. The lowest BCUT2D eigenvalue weighted by atomic mass is 9.93. The van der Waals surface area contributed by atoms with E-state index in [9.17, 15) is 14.4 Å². The molecule has 0 spiro atoms. The maximum Gasteiger partial charge on any atom is 0.338 e. The van der Waals surface area contributed by atoms with Gasteiger partial charge in [0.15, 0.2) is 0 Å². The van der Waals surface area contributed by atoms with Crippen LogP contribution in [0.25, 0.3) is 0 Å². The molecule has 8 heteroatoms. The number of methoxy groups -OCH3 is 1. The van der Waals surface area contributed by atoms with Gasteiger partial charge in [0.1, 0.15) is 0 Å². The molecule has 4 N–H and O–H groups in total. The first kappa shape index (κ1) is 19.9. The zero-order valence-electron chi connectivity index (χ0n) is 16.2. The average Bonchev–Trinajstić information content (AvgIpc) is 2.68. The summed E-state index contributed by atoms with van der Waals surface area (Å²) >= 11 is 0. The zero-order valence-corrected chi connectivity index (χ0v) is 16.2. The van der Waals surface area contributed by atoms with E-state index in [1.165, 1.54) is 7.11 Å². The Morgan fingerprint density at radius 3 is 2.43 bits per heavy atom. The fourth-order valence-electron chi connectivity index (χ4n) is 3.70. The van der Waals surface area contributed by atoms with Gasteiger partial charge >= 0.3 is 12.0 Å². The fourth-order valence-corrected chi connectivity index (χ4v) is 3.70. The Hall–Kier alpha value is -2.87. The molecule has 2 aliphatic rings. The Kier molecular flexibility index (Phi) is 5.99. The molecular weight excluding hydrogens is 360 g/mol. The van der Waals surface area contributed by atoms with Crippen molar-refractivity contribution in [3.05, 3.63) is 46.7 Å². The van der Waals surface area contributed by atoms with E-state index in [2.05, 4.69) is 15.5 Å². The number of rotatable bonds is 5. The molecule has 2 aliphatic heterocycles. The highest BCUT2D eigenvalue weighted by molar-refractivity contribution is 5.95. The van der Waals surface area contributed by atoms with Crippen LogP contribution in [-0.2, 0) is 14.3 Å². The van der Waals surface area contributed by atoms with Gasteiger partial charge in [0, 0.05) is 18.2 Å². The lowest BCUT2D eigenvalue weighted by Gasteiger charge is -2.34. The van der Waals surface area contributed by atoms with Crippen LogP contribution < -0.4 is 16.4 Å². The highest BCUT2D eigenvalue weighted by Gasteiger charge is 2.34. The van der Waals surface area contributed by atoms with Crippen LogP contribution in [0.1, 0.15) is 30.0 Å². The number of hydrogen-bond acceptors (Lipinski definition) is 5. The van der Waals surface area contributed by atoms with Crippen molar-refractivity contribution in [2.24, 2.45) is 11.7 Å². The Morgan fingerprint density at radius 2 is 1.86 bits per heavy atom. The Bertz CT molecular complexity index is 795. The van der Waals surface area contributed by atoms with Crippen LogP contribution in [0.2, 0.25) is 0 Å². The first-order chi connectivity index (χ1) is 13.4. The van der Waals surface area contributed by atoms with E-state index in [1.54, 1.807) is 0 Å². The molecule has 1 atom stereocenters. The minimum absolute atomic E-state index is 0.117. The van der Waals surface area contributed by atoms with Gasteiger partial charge < -0.3 is 21.1 Å². The molecule has 0 aliphatic carbocycles. The molecule has 2 heterocycles. The maximum absolute atomic E-state index is 12.6. The van der Waals surface area contributed by atoms with Crippen LogP contribution in [0.3, 0.4) is 0 Å². The minimum atomic E-state index is -0.583. The van der Waals surface area contributed by atoms with E-state index < -0.39 is 12.0 Å². The molecule has 1 aromatic carbocycles. The molecule has 150 valence electrons. The number of esters is 1. The number of piperidine rings is 1. The molecule has 1 aromatic rings. The number of hydrogen-bond donors (Lipinski definition) is 3. The highest BCUT2D eigenvalue weighted by atomic mass is 16.5. The van der Waals surface area contributed by atoms with Crippen molar-refractivity contribution >= 4 is 17.9 Å². The standard InChI is InChI=1S/C20H26N4O4/c1-12-3-5-13(6-4-12)17-16(19(26)28-2)15(22-20(27)23-17)11-24-9-7-14(8-10-24)18(21)25/h3-6,14,17H,7-11H2,1-2H3,(H2,21,25)(H2,22,23,27)/t17-/m0/s1. The second-order valence-corrected chi connectivity index (χ2v) is 7.28. The number of aryl methyl sites for hydroxylation is 1. The number of nitrogens with one attached hydrogen (secondary N) is 2. The van der Waals surface area contributed by atoms with Crippen LogP contribution in [0.4, 0.5) is 4.79 Å². The average molecular weight is 386 g/mol. The van der Waals surface area contributed by atoms with Gasteiger partial charge in [0.2, 0.25) is 5.91 Å². The molecule has 1 saturated heterocycles. The van der Waals surface area contributed by atoms with Gasteiger partial charge in [-0.2, -0.15) is 0 Å². The third-order valence-corrected chi connectivity index (χ3v) is 5.34. The smallest absolute Gasteiger partial charge is 0.338 e.